The number of rotatable bonds is 11. The van der Waals surface area contributed by atoms with E-state index in [9.17, 15) is 0 Å². The van der Waals surface area contributed by atoms with Crippen molar-refractivity contribution in [3.63, 3.8) is 0 Å². The molecule has 0 N–H and O–H groups in total. The predicted octanol–water partition coefficient (Wildman–Crippen LogP) is 2.03. The molecule has 0 amide bonds. The van der Waals surface area contributed by atoms with Crippen LogP contribution in [0.25, 0.3) is 0 Å². The molecule has 0 saturated carbocycles. The second kappa shape index (κ2) is 10.2. The number of hydrogen-bond donors (Lipinski definition) is 0. The fourth-order valence-electron chi connectivity index (χ4n) is 3.46. The van der Waals surface area contributed by atoms with Crippen LogP contribution in [-0.4, -0.2) is 55.9 Å². The maximum absolute atomic E-state index is 6.60. The first kappa shape index (κ1) is 26.2. The van der Waals surface area contributed by atoms with E-state index < -0.39 is 25.2 Å². The molecule has 0 aliphatic carbocycles. The summed E-state index contributed by atoms with van der Waals surface area (Å²) in [4.78, 5) is 0. The summed E-state index contributed by atoms with van der Waals surface area (Å²) in [5, 5.41) is 0. The molecule has 142 valence electrons. The van der Waals surface area contributed by atoms with Crippen molar-refractivity contribution in [3.8, 4) is 0 Å². The Kier molecular flexibility index (Phi) is 11.7. The van der Waals surface area contributed by atoms with Crippen LogP contribution in [0.5, 0.6) is 0 Å². The minimum absolute atomic E-state index is 0. The van der Waals surface area contributed by atoms with E-state index in [4.69, 9.17) is 8.23 Å². The van der Waals surface area contributed by atoms with Gasteiger partial charge < -0.3 is 29.7 Å². The Labute approximate surface area is 160 Å². The molecule has 23 heavy (non-hydrogen) atoms. The molecule has 0 saturated heterocycles. The van der Waals surface area contributed by atoms with Crippen LogP contribution < -0.4 is 17.0 Å². The summed E-state index contributed by atoms with van der Waals surface area (Å²) < 4.78 is 14.2. The Bertz CT molecular complexity index is 322. The smallest absolute Gasteiger partial charge is 0.311 e. The summed E-state index contributed by atoms with van der Waals surface area (Å²) in [7, 11) is -5.12. The zero-order valence-corrected chi connectivity index (χ0v) is 22.0. The van der Waals surface area contributed by atoms with Crippen molar-refractivity contribution >= 4 is 25.2 Å². The van der Waals surface area contributed by atoms with Gasteiger partial charge in [0, 0.05) is 0 Å². The first-order valence-corrected chi connectivity index (χ1v) is 18.4. The molecule has 0 unspecified atom stereocenters. The molecule has 0 radical (unpaired) electrons. The van der Waals surface area contributed by atoms with Crippen LogP contribution in [-0.2, 0) is 8.23 Å². The zero-order valence-electron chi connectivity index (χ0n) is 17.4. The Morgan fingerprint density at radius 1 is 0.739 bits per heavy atom. The zero-order chi connectivity index (χ0) is 17.7. The van der Waals surface area contributed by atoms with Gasteiger partial charge in [0.2, 0.25) is 0 Å². The topological polar surface area (TPSA) is 18.5 Å². The van der Waals surface area contributed by atoms with Crippen LogP contribution >= 0.6 is 0 Å². The highest BCUT2D eigenvalue weighted by Crippen LogP contribution is 2.24. The van der Waals surface area contributed by atoms with Gasteiger partial charge in [-0.25, -0.2) is 0 Å². The van der Waals surface area contributed by atoms with Crippen LogP contribution in [0.4, 0.5) is 0 Å². The molecule has 3 nitrogen and oxygen atoms in total. The first-order chi connectivity index (χ1) is 9.80. The van der Waals surface area contributed by atoms with Gasteiger partial charge in [0.05, 0.1) is 26.2 Å². The van der Waals surface area contributed by atoms with Crippen LogP contribution in [0.3, 0.4) is 0 Å². The van der Waals surface area contributed by atoms with E-state index in [1.807, 2.05) is 0 Å². The molecule has 0 aliphatic heterocycles. The first-order valence-electron chi connectivity index (χ1n) is 9.06. The van der Waals surface area contributed by atoms with E-state index in [2.05, 4.69) is 66.6 Å². The van der Waals surface area contributed by atoms with Crippen molar-refractivity contribution in [2.24, 2.45) is 0 Å². The second-order valence-electron chi connectivity index (χ2n) is 8.59. The molecule has 0 fully saturated rings. The standard InChI is InChI=1S/C16H42NO2Si3.BrH/c1-11-17(12-2,13-3)15-14-16-21(7,8)19-22(9,10)18-20(4,5)6;/h11-16H2,1-10H3;1H/q+1;/p-1. The molecular formula is C16H42BrNO2Si3. The lowest BCUT2D eigenvalue weighted by Crippen LogP contribution is -3.00. The number of nitrogens with zero attached hydrogens (tertiary/aromatic N) is 1. The summed E-state index contributed by atoms with van der Waals surface area (Å²) in [6, 6.07) is 1.25. The van der Waals surface area contributed by atoms with E-state index in [-0.39, 0.29) is 17.0 Å². The fraction of sp³-hybridized carbons (Fsp3) is 1.00. The molecule has 0 spiro atoms. The van der Waals surface area contributed by atoms with E-state index >= 15 is 0 Å². The summed E-state index contributed by atoms with van der Waals surface area (Å²) in [6.45, 7) is 28.0. The monoisotopic (exact) mass is 443 g/mol. The van der Waals surface area contributed by atoms with Crippen molar-refractivity contribution < 1.29 is 29.7 Å². The molecule has 0 aromatic rings. The summed E-state index contributed by atoms with van der Waals surface area (Å²) in [5.41, 5.74) is 0. The third kappa shape index (κ3) is 11.3. The van der Waals surface area contributed by atoms with Gasteiger partial charge in [-0.05, 0) is 79.1 Å². The van der Waals surface area contributed by atoms with Gasteiger partial charge in [0.15, 0.2) is 16.6 Å². The van der Waals surface area contributed by atoms with Gasteiger partial charge in [0.1, 0.15) is 0 Å². The van der Waals surface area contributed by atoms with Gasteiger partial charge in [-0.1, -0.05) is 0 Å². The Morgan fingerprint density at radius 3 is 1.52 bits per heavy atom. The maximum Gasteiger partial charge on any atom is 0.311 e. The largest absolute Gasteiger partial charge is 1.00 e. The lowest BCUT2D eigenvalue weighted by atomic mass is 10.3. The Hall–Kier alpha value is 1.01. The molecule has 0 atom stereocenters. The van der Waals surface area contributed by atoms with E-state index in [1.165, 1.54) is 43.1 Å². The lowest BCUT2D eigenvalue weighted by molar-refractivity contribution is -0.923. The summed E-state index contributed by atoms with van der Waals surface area (Å²) in [5.74, 6) is 0. The van der Waals surface area contributed by atoms with Gasteiger partial charge >= 0.3 is 8.56 Å². The minimum atomic E-state index is -1.98. The molecule has 0 bridgehead atoms. The van der Waals surface area contributed by atoms with Crippen molar-refractivity contribution in [3.05, 3.63) is 0 Å². The average Bonchev–Trinajstić information content (AvgIpc) is 2.30. The molecule has 0 aromatic carbocycles. The van der Waals surface area contributed by atoms with Gasteiger partial charge in [-0.2, -0.15) is 0 Å². The Morgan fingerprint density at radius 2 is 1.17 bits per heavy atom. The van der Waals surface area contributed by atoms with Crippen LogP contribution in [0.15, 0.2) is 0 Å². The molecular weight excluding hydrogens is 402 g/mol. The number of hydrogen-bond acceptors (Lipinski definition) is 2. The van der Waals surface area contributed by atoms with E-state index in [0.717, 1.165) is 0 Å². The predicted molar refractivity (Wildman–Crippen MR) is 107 cm³/mol. The van der Waals surface area contributed by atoms with Crippen molar-refractivity contribution in [2.45, 2.75) is 79.1 Å². The second-order valence-corrected chi connectivity index (χ2v) is 21.3. The van der Waals surface area contributed by atoms with Crippen molar-refractivity contribution in [1.82, 2.24) is 0 Å². The molecule has 0 aliphatic rings. The van der Waals surface area contributed by atoms with Crippen molar-refractivity contribution in [1.29, 1.82) is 0 Å². The number of quaternary nitrogens is 1. The number of halogens is 1. The molecule has 0 heterocycles. The van der Waals surface area contributed by atoms with E-state index in [1.54, 1.807) is 0 Å². The summed E-state index contributed by atoms with van der Waals surface area (Å²) >= 11 is 0. The SMILES string of the molecule is CC[N+](CC)(CC)CCC[Si](C)(C)O[Si](C)(C)O[Si](C)(C)C.[Br-]. The quantitative estimate of drug-likeness (QED) is 0.359. The third-order valence-electron chi connectivity index (χ3n) is 4.50. The van der Waals surface area contributed by atoms with Crippen LogP contribution in [0.1, 0.15) is 27.2 Å². The average molecular weight is 445 g/mol. The fourth-order valence-corrected chi connectivity index (χ4v) is 16.6. The van der Waals surface area contributed by atoms with Crippen molar-refractivity contribution in [2.75, 3.05) is 26.2 Å². The van der Waals surface area contributed by atoms with Gasteiger partial charge in [-0.15, -0.1) is 0 Å². The van der Waals surface area contributed by atoms with Gasteiger partial charge in [0.25, 0.3) is 0 Å². The molecule has 7 heteroatoms. The minimum Gasteiger partial charge on any atom is -1.00 e. The van der Waals surface area contributed by atoms with Gasteiger partial charge in [-0.3, -0.25) is 0 Å². The van der Waals surface area contributed by atoms with Crippen LogP contribution in [0.2, 0.25) is 51.9 Å². The normalized spacial score (nSPS) is 13.8. The highest BCUT2D eigenvalue weighted by atomic mass is 79.9. The molecule has 0 aromatic heterocycles. The maximum atomic E-state index is 6.60. The summed E-state index contributed by atoms with van der Waals surface area (Å²) in [6.07, 6.45) is 1.28. The highest BCUT2D eigenvalue weighted by Gasteiger charge is 2.38. The molecule has 0 rings (SSSR count). The van der Waals surface area contributed by atoms with E-state index in [0.29, 0.717) is 0 Å². The highest BCUT2D eigenvalue weighted by molar-refractivity contribution is 6.87. The Balaban J connectivity index is 0. The van der Waals surface area contributed by atoms with Crippen LogP contribution in [0, 0.1) is 0 Å². The lowest BCUT2D eigenvalue weighted by Gasteiger charge is -2.39. The third-order valence-corrected chi connectivity index (χ3v) is 14.6.